The van der Waals surface area contributed by atoms with Crippen LogP contribution in [0.1, 0.15) is 5.82 Å². The summed E-state index contributed by atoms with van der Waals surface area (Å²) in [5.41, 5.74) is 1.66. The lowest BCUT2D eigenvalue weighted by Crippen LogP contribution is -2.34. The number of aryl methyl sites for hydroxylation is 1. The van der Waals surface area contributed by atoms with Crippen molar-refractivity contribution in [2.75, 3.05) is 42.8 Å². The SMILES string of the molecule is Cc1nc(Nc2ccc(NC3=CC(=O)N(CCO)C3=O)cc2)cc(N(C)C)n1. The van der Waals surface area contributed by atoms with Gasteiger partial charge in [-0.3, -0.25) is 14.5 Å². The molecule has 0 saturated carbocycles. The molecule has 1 aromatic heterocycles. The van der Waals surface area contributed by atoms with Crippen molar-refractivity contribution in [1.82, 2.24) is 14.9 Å². The number of hydrogen-bond acceptors (Lipinski definition) is 8. The van der Waals surface area contributed by atoms with Gasteiger partial charge in [-0.1, -0.05) is 0 Å². The Hall–Kier alpha value is -3.46. The van der Waals surface area contributed by atoms with Gasteiger partial charge in [-0.15, -0.1) is 0 Å². The van der Waals surface area contributed by atoms with E-state index in [0.717, 1.165) is 16.4 Å². The van der Waals surface area contributed by atoms with Crippen molar-refractivity contribution in [2.45, 2.75) is 6.92 Å². The van der Waals surface area contributed by atoms with Gasteiger partial charge >= 0.3 is 0 Å². The number of benzene rings is 1. The van der Waals surface area contributed by atoms with E-state index in [2.05, 4.69) is 20.6 Å². The number of imide groups is 1. The first-order valence-electron chi connectivity index (χ1n) is 8.73. The van der Waals surface area contributed by atoms with Gasteiger partial charge in [0.2, 0.25) is 0 Å². The summed E-state index contributed by atoms with van der Waals surface area (Å²) in [7, 11) is 3.83. The highest BCUT2D eigenvalue weighted by atomic mass is 16.3. The number of aliphatic hydroxyl groups is 1. The van der Waals surface area contributed by atoms with E-state index in [1.165, 1.54) is 6.08 Å². The van der Waals surface area contributed by atoms with Gasteiger partial charge in [0.1, 0.15) is 23.2 Å². The van der Waals surface area contributed by atoms with Crippen LogP contribution in [0.5, 0.6) is 0 Å². The first-order valence-corrected chi connectivity index (χ1v) is 8.73. The van der Waals surface area contributed by atoms with Crippen LogP contribution < -0.4 is 15.5 Å². The molecule has 0 fully saturated rings. The van der Waals surface area contributed by atoms with Gasteiger partial charge in [0.05, 0.1) is 13.2 Å². The first-order chi connectivity index (χ1) is 13.4. The zero-order chi connectivity index (χ0) is 20.3. The zero-order valence-electron chi connectivity index (χ0n) is 15.9. The topological polar surface area (TPSA) is 111 Å². The Balaban J connectivity index is 1.69. The third-order valence-electron chi connectivity index (χ3n) is 4.05. The minimum absolute atomic E-state index is 0.0184. The lowest BCUT2D eigenvalue weighted by Gasteiger charge is -2.15. The molecule has 0 spiro atoms. The molecule has 0 radical (unpaired) electrons. The maximum atomic E-state index is 12.2. The summed E-state index contributed by atoms with van der Waals surface area (Å²) in [4.78, 5) is 35.6. The number of carbonyl (C=O) groups excluding carboxylic acids is 2. The summed E-state index contributed by atoms with van der Waals surface area (Å²) in [6.45, 7) is 1.55. The summed E-state index contributed by atoms with van der Waals surface area (Å²) in [5.74, 6) is 1.26. The van der Waals surface area contributed by atoms with Crippen molar-refractivity contribution in [2.24, 2.45) is 0 Å². The van der Waals surface area contributed by atoms with Crippen LogP contribution in [0.15, 0.2) is 42.1 Å². The molecular formula is C19H22N6O3. The molecule has 28 heavy (non-hydrogen) atoms. The largest absolute Gasteiger partial charge is 0.395 e. The standard InChI is InChI=1S/C19H22N6O3/c1-12-20-16(11-17(21-12)24(2)3)23-14-6-4-13(5-7-14)22-15-10-18(27)25(8-9-26)19(15)28/h4-7,10-11,22,26H,8-9H2,1-3H3,(H,20,21,23). The fourth-order valence-corrected chi connectivity index (χ4v) is 2.70. The number of carbonyl (C=O) groups is 2. The van der Waals surface area contributed by atoms with E-state index in [4.69, 9.17) is 5.11 Å². The molecule has 2 aromatic rings. The number of β-amino-alcohol motifs (C(OH)–C–C–N with tert-alkyl or cyclic N) is 1. The van der Waals surface area contributed by atoms with Crippen molar-refractivity contribution in [3.05, 3.63) is 47.9 Å². The second-order valence-electron chi connectivity index (χ2n) is 6.46. The molecule has 3 N–H and O–H groups in total. The predicted molar refractivity (Wildman–Crippen MR) is 106 cm³/mol. The number of aliphatic hydroxyl groups excluding tert-OH is 1. The van der Waals surface area contributed by atoms with Gasteiger partial charge < -0.3 is 20.6 Å². The molecule has 0 bridgehead atoms. The fourth-order valence-electron chi connectivity index (χ4n) is 2.70. The van der Waals surface area contributed by atoms with Crippen molar-refractivity contribution in [3.8, 4) is 0 Å². The van der Waals surface area contributed by atoms with Crippen LogP contribution in [0.4, 0.5) is 23.0 Å². The molecule has 2 heterocycles. The maximum Gasteiger partial charge on any atom is 0.277 e. The molecule has 1 aromatic carbocycles. The molecule has 9 nitrogen and oxygen atoms in total. The minimum Gasteiger partial charge on any atom is -0.395 e. The maximum absolute atomic E-state index is 12.2. The van der Waals surface area contributed by atoms with Gasteiger partial charge in [-0.25, -0.2) is 9.97 Å². The quantitative estimate of drug-likeness (QED) is 0.614. The van der Waals surface area contributed by atoms with E-state index in [-0.39, 0.29) is 18.8 Å². The van der Waals surface area contributed by atoms with Gasteiger partial charge in [0.15, 0.2) is 0 Å². The second kappa shape index (κ2) is 8.05. The molecule has 146 valence electrons. The highest BCUT2D eigenvalue weighted by molar-refractivity contribution is 6.17. The van der Waals surface area contributed by atoms with E-state index in [1.807, 2.05) is 44.1 Å². The molecule has 0 unspecified atom stereocenters. The first kappa shape index (κ1) is 19.3. The molecule has 0 aliphatic carbocycles. The summed E-state index contributed by atoms with van der Waals surface area (Å²) >= 11 is 0. The van der Waals surface area contributed by atoms with E-state index < -0.39 is 11.8 Å². The van der Waals surface area contributed by atoms with Crippen LogP contribution in [-0.2, 0) is 9.59 Å². The lowest BCUT2D eigenvalue weighted by atomic mass is 10.2. The Morgan fingerprint density at radius 2 is 1.71 bits per heavy atom. The molecule has 0 atom stereocenters. The Morgan fingerprint density at radius 1 is 1.07 bits per heavy atom. The third kappa shape index (κ3) is 4.26. The number of anilines is 4. The van der Waals surface area contributed by atoms with Crippen LogP contribution >= 0.6 is 0 Å². The third-order valence-corrected chi connectivity index (χ3v) is 4.05. The average Bonchev–Trinajstić information content (AvgIpc) is 2.90. The predicted octanol–water partition coefficient (Wildman–Crippen LogP) is 1.25. The normalized spacial score (nSPS) is 13.6. The van der Waals surface area contributed by atoms with Crippen LogP contribution in [0.3, 0.4) is 0 Å². The Kier molecular flexibility index (Phi) is 5.55. The average molecular weight is 382 g/mol. The molecule has 2 amide bonds. The zero-order valence-corrected chi connectivity index (χ0v) is 15.9. The second-order valence-corrected chi connectivity index (χ2v) is 6.46. The molecule has 1 aliphatic heterocycles. The number of rotatable bonds is 7. The van der Waals surface area contributed by atoms with Crippen LogP contribution in [0, 0.1) is 6.92 Å². The molecule has 9 heteroatoms. The summed E-state index contributed by atoms with van der Waals surface area (Å²) in [6, 6.07) is 9.10. The summed E-state index contributed by atoms with van der Waals surface area (Å²) < 4.78 is 0. The Morgan fingerprint density at radius 3 is 2.32 bits per heavy atom. The number of nitrogens with one attached hydrogen (secondary N) is 2. The van der Waals surface area contributed by atoms with E-state index in [9.17, 15) is 9.59 Å². The lowest BCUT2D eigenvalue weighted by molar-refractivity contribution is -0.137. The number of aromatic nitrogens is 2. The summed E-state index contributed by atoms with van der Waals surface area (Å²) in [6.07, 6.45) is 1.23. The molecule has 3 rings (SSSR count). The van der Waals surface area contributed by atoms with E-state index in [1.54, 1.807) is 12.1 Å². The smallest absolute Gasteiger partial charge is 0.277 e. The Labute approximate surface area is 162 Å². The van der Waals surface area contributed by atoms with Gasteiger partial charge in [-0.2, -0.15) is 0 Å². The fraction of sp³-hybridized carbons (Fsp3) is 0.263. The number of hydrogen-bond donors (Lipinski definition) is 3. The highest BCUT2D eigenvalue weighted by Gasteiger charge is 2.30. The number of amides is 2. The monoisotopic (exact) mass is 382 g/mol. The van der Waals surface area contributed by atoms with Crippen molar-refractivity contribution >= 4 is 34.8 Å². The van der Waals surface area contributed by atoms with Gasteiger partial charge in [0.25, 0.3) is 11.8 Å². The number of nitrogens with zero attached hydrogens (tertiary/aromatic N) is 4. The van der Waals surface area contributed by atoms with E-state index >= 15 is 0 Å². The molecule has 1 aliphatic rings. The van der Waals surface area contributed by atoms with Crippen molar-refractivity contribution in [1.29, 1.82) is 0 Å². The van der Waals surface area contributed by atoms with E-state index in [0.29, 0.717) is 17.3 Å². The van der Waals surface area contributed by atoms with Gasteiger partial charge in [-0.05, 0) is 31.2 Å². The minimum atomic E-state index is -0.450. The van der Waals surface area contributed by atoms with Crippen LogP contribution in [0.25, 0.3) is 0 Å². The van der Waals surface area contributed by atoms with Crippen LogP contribution in [-0.4, -0.2) is 59.0 Å². The Bertz CT molecular complexity index is 924. The molecule has 0 saturated heterocycles. The van der Waals surface area contributed by atoms with Crippen molar-refractivity contribution in [3.63, 3.8) is 0 Å². The summed E-state index contributed by atoms with van der Waals surface area (Å²) in [5, 5.41) is 15.1. The highest BCUT2D eigenvalue weighted by Crippen LogP contribution is 2.22. The molecular weight excluding hydrogens is 360 g/mol. The van der Waals surface area contributed by atoms with Crippen molar-refractivity contribution < 1.29 is 14.7 Å². The van der Waals surface area contributed by atoms with Gasteiger partial charge in [0, 0.05) is 37.6 Å². The van der Waals surface area contributed by atoms with Crippen LogP contribution in [0.2, 0.25) is 0 Å².